The molecule has 80 valence electrons. The lowest BCUT2D eigenvalue weighted by atomic mass is 10.2. The van der Waals surface area contributed by atoms with Crippen LogP contribution in [0.2, 0.25) is 0 Å². The highest BCUT2D eigenvalue weighted by Crippen LogP contribution is 2.28. The Morgan fingerprint density at radius 2 is 2.13 bits per heavy atom. The van der Waals surface area contributed by atoms with Gasteiger partial charge in [-0.25, -0.2) is 8.78 Å². The molecule has 0 fully saturated rings. The van der Waals surface area contributed by atoms with Gasteiger partial charge in [0.25, 0.3) is 6.43 Å². The second-order valence-electron chi connectivity index (χ2n) is 2.71. The molecule has 0 atom stereocenters. The van der Waals surface area contributed by atoms with Crippen LogP contribution in [0.25, 0.3) is 0 Å². The van der Waals surface area contributed by atoms with Gasteiger partial charge in [-0.3, -0.25) is 0 Å². The lowest BCUT2D eigenvalue weighted by Gasteiger charge is -2.10. The summed E-state index contributed by atoms with van der Waals surface area (Å²) in [7, 11) is 1.43. The molecule has 1 aromatic carbocycles. The van der Waals surface area contributed by atoms with Crippen molar-refractivity contribution >= 4 is 0 Å². The molecule has 2 nitrogen and oxygen atoms in total. The lowest BCUT2D eigenvalue weighted by Crippen LogP contribution is -2.07. The van der Waals surface area contributed by atoms with Crippen LogP contribution in [0.1, 0.15) is 5.56 Å². The molecule has 1 aromatic rings. The lowest BCUT2D eigenvalue weighted by molar-refractivity contribution is 0.0804. The molecule has 0 N–H and O–H groups in total. The van der Waals surface area contributed by atoms with Crippen LogP contribution in [0.5, 0.6) is 11.5 Å². The van der Waals surface area contributed by atoms with Crippen molar-refractivity contribution in [1.82, 2.24) is 0 Å². The Morgan fingerprint density at radius 3 is 2.67 bits per heavy atom. The number of halogens is 2. The topological polar surface area (TPSA) is 18.5 Å². The first-order valence-electron chi connectivity index (χ1n) is 4.23. The minimum Gasteiger partial charge on any atom is -0.493 e. The monoisotopic (exact) mass is 212 g/mol. The van der Waals surface area contributed by atoms with Gasteiger partial charge in [0, 0.05) is 5.56 Å². The number of rotatable bonds is 4. The molecular weight excluding hydrogens is 202 g/mol. The van der Waals surface area contributed by atoms with Crippen LogP contribution in [0.4, 0.5) is 8.78 Å². The van der Waals surface area contributed by atoms with E-state index in [0.29, 0.717) is 11.3 Å². The van der Waals surface area contributed by atoms with E-state index < -0.39 is 13.0 Å². The molecule has 0 amide bonds. The fourth-order valence-electron chi connectivity index (χ4n) is 1.03. The van der Waals surface area contributed by atoms with Gasteiger partial charge in [0.1, 0.15) is 6.61 Å². The van der Waals surface area contributed by atoms with Crippen molar-refractivity contribution in [2.24, 2.45) is 0 Å². The van der Waals surface area contributed by atoms with Crippen molar-refractivity contribution in [2.45, 2.75) is 6.43 Å². The quantitative estimate of drug-likeness (QED) is 0.713. The molecule has 4 heteroatoms. The summed E-state index contributed by atoms with van der Waals surface area (Å²) < 4.78 is 33.7. The number of hydrogen-bond donors (Lipinski definition) is 0. The van der Waals surface area contributed by atoms with E-state index in [1.54, 1.807) is 12.1 Å². The summed E-state index contributed by atoms with van der Waals surface area (Å²) in [4.78, 5) is 0. The molecule has 0 unspecified atom stereocenters. The maximum atomic E-state index is 11.9. The van der Waals surface area contributed by atoms with Crippen LogP contribution >= 0.6 is 0 Å². The zero-order valence-electron chi connectivity index (χ0n) is 8.17. The second-order valence-corrected chi connectivity index (χ2v) is 2.71. The van der Waals surface area contributed by atoms with Gasteiger partial charge in [-0.2, -0.15) is 0 Å². The van der Waals surface area contributed by atoms with E-state index in [1.807, 2.05) is 0 Å². The smallest absolute Gasteiger partial charge is 0.272 e. The van der Waals surface area contributed by atoms with Crippen molar-refractivity contribution in [3.63, 3.8) is 0 Å². The van der Waals surface area contributed by atoms with E-state index in [0.717, 1.165) is 0 Å². The third kappa shape index (κ3) is 3.13. The molecule has 0 radical (unpaired) electrons. The van der Waals surface area contributed by atoms with Crippen molar-refractivity contribution in [2.75, 3.05) is 13.7 Å². The first kappa shape index (κ1) is 11.3. The first-order chi connectivity index (χ1) is 7.17. The largest absolute Gasteiger partial charge is 0.493 e. The maximum Gasteiger partial charge on any atom is 0.272 e. The molecule has 15 heavy (non-hydrogen) atoms. The Morgan fingerprint density at radius 1 is 1.40 bits per heavy atom. The Labute approximate surface area is 86.8 Å². The van der Waals surface area contributed by atoms with E-state index in [-0.39, 0.29) is 5.75 Å². The SMILES string of the molecule is C#Cc1ccc(OC)c(OCC(F)F)c1. The highest BCUT2D eigenvalue weighted by Gasteiger charge is 2.08. The van der Waals surface area contributed by atoms with E-state index in [4.69, 9.17) is 15.9 Å². The van der Waals surface area contributed by atoms with Crippen LogP contribution in [0.15, 0.2) is 18.2 Å². The van der Waals surface area contributed by atoms with Crippen molar-refractivity contribution in [3.05, 3.63) is 23.8 Å². The number of hydrogen-bond acceptors (Lipinski definition) is 2. The van der Waals surface area contributed by atoms with Crippen LogP contribution in [0, 0.1) is 12.3 Å². The molecule has 0 aliphatic carbocycles. The number of methoxy groups -OCH3 is 1. The summed E-state index contributed by atoms with van der Waals surface area (Å²) in [5.74, 6) is 3.00. The molecule has 0 saturated heterocycles. The zero-order valence-corrected chi connectivity index (χ0v) is 8.17. The number of alkyl halides is 2. The van der Waals surface area contributed by atoms with Gasteiger partial charge in [-0.05, 0) is 18.2 Å². The Bertz CT molecular complexity index is 369. The predicted octanol–water partition coefficient (Wildman–Crippen LogP) is 2.32. The van der Waals surface area contributed by atoms with Crippen molar-refractivity contribution < 1.29 is 18.3 Å². The summed E-state index contributed by atoms with van der Waals surface area (Å²) in [6, 6.07) is 4.71. The second kappa shape index (κ2) is 5.20. The van der Waals surface area contributed by atoms with Gasteiger partial charge in [0.15, 0.2) is 11.5 Å². The summed E-state index contributed by atoms with van der Waals surface area (Å²) in [6.45, 7) is -0.676. The third-order valence-electron chi connectivity index (χ3n) is 1.70. The molecule has 0 spiro atoms. The molecule has 0 aliphatic heterocycles. The van der Waals surface area contributed by atoms with E-state index in [2.05, 4.69) is 5.92 Å². The average Bonchev–Trinajstić information content (AvgIpc) is 2.25. The van der Waals surface area contributed by atoms with Crippen LogP contribution < -0.4 is 9.47 Å². The predicted molar refractivity (Wildman–Crippen MR) is 52.4 cm³/mol. The molecule has 0 aromatic heterocycles. The average molecular weight is 212 g/mol. The van der Waals surface area contributed by atoms with Gasteiger partial charge < -0.3 is 9.47 Å². The van der Waals surface area contributed by atoms with E-state index >= 15 is 0 Å². The summed E-state index contributed by atoms with van der Waals surface area (Å²) in [5, 5.41) is 0. The van der Waals surface area contributed by atoms with Crippen LogP contribution in [0.3, 0.4) is 0 Å². The van der Waals surface area contributed by atoms with Gasteiger partial charge in [0.05, 0.1) is 7.11 Å². The molecule has 0 aliphatic rings. The van der Waals surface area contributed by atoms with Crippen molar-refractivity contribution in [1.29, 1.82) is 0 Å². The molecule has 0 bridgehead atoms. The molecule has 0 saturated carbocycles. The highest BCUT2D eigenvalue weighted by atomic mass is 19.3. The minimum absolute atomic E-state index is 0.230. The number of benzene rings is 1. The van der Waals surface area contributed by atoms with Crippen molar-refractivity contribution in [3.8, 4) is 23.8 Å². The van der Waals surface area contributed by atoms with Gasteiger partial charge >= 0.3 is 0 Å². The molecule has 1 rings (SSSR count). The van der Waals surface area contributed by atoms with Gasteiger partial charge in [-0.15, -0.1) is 6.42 Å². The van der Waals surface area contributed by atoms with E-state index in [1.165, 1.54) is 13.2 Å². The normalized spacial score (nSPS) is 9.80. The Hall–Kier alpha value is -1.76. The summed E-state index contributed by atoms with van der Waals surface area (Å²) in [6.07, 6.45) is 2.65. The zero-order chi connectivity index (χ0) is 11.3. The van der Waals surface area contributed by atoms with Crippen LogP contribution in [-0.2, 0) is 0 Å². The van der Waals surface area contributed by atoms with E-state index in [9.17, 15) is 8.78 Å². The highest BCUT2D eigenvalue weighted by molar-refractivity contribution is 5.47. The molecular formula is C11H10F2O2. The maximum absolute atomic E-state index is 11.9. The Balaban J connectivity index is 2.87. The van der Waals surface area contributed by atoms with Crippen LogP contribution in [-0.4, -0.2) is 20.1 Å². The standard InChI is InChI=1S/C11H10F2O2/c1-3-8-4-5-9(14-2)10(6-8)15-7-11(12)13/h1,4-6,11H,7H2,2H3. The fourth-order valence-corrected chi connectivity index (χ4v) is 1.03. The first-order valence-corrected chi connectivity index (χ1v) is 4.23. The number of terminal acetylenes is 1. The minimum atomic E-state index is -2.52. The Kier molecular flexibility index (Phi) is 3.92. The fraction of sp³-hybridized carbons (Fsp3) is 0.273. The van der Waals surface area contributed by atoms with Gasteiger partial charge in [0.2, 0.25) is 0 Å². The summed E-state index contributed by atoms with van der Waals surface area (Å²) >= 11 is 0. The molecule has 0 heterocycles. The third-order valence-corrected chi connectivity index (χ3v) is 1.70. The van der Waals surface area contributed by atoms with Gasteiger partial charge in [-0.1, -0.05) is 5.92 Å². The summed E-state index contributed by atoms with van der Waals surface area (Å²) in [5.41, 5.74) is 0.556. The number of ether oxygens (including phenoxy) is 2.